The van der Waals surface area contributed by atoms with E-state index in [1.54, 1.807) is 0 Å². The van der Waals surface area contributed by atoms with Crippen LogP contribution >= 0.6 is 15.9 Å². The molecular formula is C23H23BrFN3O8. The third kappa shape index (κ3) is 3.44. The van der Waals surface area contributed by atoms with E-state index in [4.69, 9.17) is 5.73 Å². The van der Waals surface area contributed by atoms with Crippen molar-refractivity contribution in [2.75, 3.05) is 24.7 Å². The Balaban J connectivity index is 1.95. The normalized spacial score (nSPS) is 27.6. The topological polar surface area (TPSA) is 190 Å². The number of aromatic hydroxyl groups is 1. The predicted molar refractivity (Wildman–Crippen MR) is 127 cm³/mol. The molecule has 3 aliphatic rings. The van der Waals surface area contributed by atoms with Crippen molar-refractivity contribution in [2.24, 2.45) is 17.6 Å². The number of carbonyl (C=O) groups excluding carboxylic acids is 4. The van der Waals surface area contributed by atoms with Gasteiger partial charge in [-0.3, -0.25) is 24.1 Å². The minimum Gasteiger partial charge on any atom is -0.508 e. The molecule has 1 fully saturated rings. The van der Waals surface area contributed by atoms with E-state index in [0.29, 0.717) is 0 Å². The predicted octanol–water partition coefficient (Wildman–Crippen LogP) is 0.436. The number of primary amides is 1. The average molecular weight is 568 g/mol. The number of phenols is 1. The highest BCUT2D eigenvalue weighted by molar-refractivity contribution is 9.09. The summed E-state index contributed by atoms with van der Waals surface area (Å²) in [6, 6.07) is -0.350. The number of carbonyl (C=O) groups is 4. The largest absolute Gasteiger partial charge is 0.508 e. The highest BCUT2D eigenvalue weighted by Crippen LogP contribution is 2.53. The number of rotatable bonds is 4. The van der Waals surface area contributed by atoms with E-state index in [0.717, 1.165) is 6.07 Å². The molecule has 1 aromatic rings. The molecule has 2 amide bonds. The molecule has 192 valence electrons. The van der Waals surface area contributed by atoms with Crippen molar-refractivity contribution in [1.82, 2.24) is 4.90 Å². The van der Waals surface area contributed by atoms with Crippen molar-refractivity contribution < 1.29 is 44.0 Å². The van der Waals surface area contributed by atoms with E-state index in [1.807, 2.05) is 0 Å². The Hall–Kier alpha value is -3.29. The molecular weight excluding hydrogens is 545 g/mol. The summed E-state index contributed by atoms with van der Waals surface area (Å²) in [4.78, 5) is 51.8. The summed E-state index contributed by atoms with van der Waals surface area (Å²) in [5, 5.41) is 46.2. The van der Waals surface area contributed by atoms with Crippen LogP contribution in [0.4, 0.5) is 10.1 Å². The van der Waals surface area contributed by atoms with E-state index in [9.17, 15) is 39.6 Å². The van der Waals surface area contributed by atoms with Gasteiger partial charge in [0.15, 0.2) is 17.1 Å². The van der Waals surface area contributed by atoms with Crippen LogP contribution in [-0.4, -0.2) is 79.8 Å². The Morgan fingerprint density at radius 2 is 1.92 bits per heavy atom. The quantitative estimate of drug-likeness (QED) is 0.170. The summed E-state index contributed by atoms with van der Waals surface area (Å²) in [5.41, 5.74) is 0.209. The molecule has 0 radical (unpaired) electrons. The van der Waals surface area contributed by atoms with Gasteiger partial charge >= 0.3 is 0 Å². The number of aliphatic hydroxyl groups is 3. The van der Waals surface area contributed by atoms with Gasteiger partial charge < -0.3 is 31.5 Å². The summed E-state index contributed by atoms with van der Waals surface area (Å²) in [7, 11) is 2.96. The summed E-state index contributed by atoms with van der Waals surface area (Å²) < 4.78 is 15.1. The van der Waals surface area contributed by atoms with E-state index in [2.05, 4.69) is 21.2 Å². The van der Waals surface area contributed by atoms with Crippen molar-refractivity contribution in [3.8, 4) is 5.75 Å². The number of halogens is 2. The van der Waals surface area contributed by atoms with Gasteiger partial charge in [0.05, 0.1) is 22.6 Å². The lowest BCUT2D eigenvalue weighted by Crippen LogP contribution is -2.65. The lowest BCUT2D eigenvalue weighted by atomic mass is 9.57. The maximum absolute atomic E-state index is 15.1. The summed E-state index contributed by atoms with van der Waals surface area (Å²) in [5.74, 6) is -9.84. The number of amides is 2. The highest BCUT2D eigenvalue weighted by atomic mass is 79.9. The smallest absolute Gasteiger partial charge is 0.255 e. The van der Waals surface area contributed by atoms with Crippen LogP contribution in [0.3, 0.4) is 0 Å². The number of Topliss-reactive ketones (excluding diaryl/α,β-unsaturated/α-hetero) is 2. The second-order valence-electron chi connectivity index (χ2n) is 9.25. The zero-order valence-corrected chi connectivity index (χ0v) is 20.7. The van der Waals surface area contributed by atoms with Gasteiger partial charge in [0.25, 0.3) is 5.91 Å². The van der Waals surface area contributed by atoms with Gasteiger partial charge in [0, 0.05) is 23.1 Å². The Morgan fingerprint density at radius 3 is 2.47 bits per heavy atom. The lowest BCUT2D eigenvalue weighted by molar-refractivity contribution is -0.153. The van der Waals surface area contributed by atoms with Crippen LogP contribution in [0.15, 0.2) is 23.0 Å². The van der Waals surface area contributed by atoms with Gasteiger partial charge in [-0.15, -0.1) is 0 Å². The average Bonchev–Trinajstić information content (AvgIpc) is 2.79. The Bertz CT molecular complexity index is 1310. The van der Waals surface area contributed by atoms with Crippen molar-refractivity contribution >= 4 is 50.8 Å². The van der Waals surface area contributed by atoms with E-state index in [1.165, 1.54) is 19.0 Å². The molecule has 0 aromatic heterocycles. The molecule has 4 rings (SSSR count). The van der Waals surface area contributed by atoms with Gasteiger partial charge in [-0.05, 0) is 32.9 Å². The molecule has 0 unspecified atom stereocenters. The van der Waals surface area contributed by atoms with Crippen LogP contribution in [0.5, 0.6) is 5.75 Å². The van der Waals surface area contributed by atoms with Gasteiger partial charge in [-0.1, -0.05) is 15.9 Å². The lowest BCUT2D eigenvalue weighted by Gasteiger charge is -2.50. The number of aliphatic hydroxyl groups excluding tert-OH is 2. The Kier molecular flexibility index (Phi) is 6.22. The molecule has 36 heavy (non-hydrogen) atoms. The van der Waals surface area contributed by atoms with Gasteiger partial charge in [0.1, 0.15) is 22.9 Å². The van der Waals surface area contributed by atoms with Gasteiger partial charge in [-0.25, -0.2) is 4.39 Å². The number of likely N-dealkylation sites (N-methyl/N-ethyl adjacent to an activating group) is 1. The Labute approximate surface area is 212 Å². The maximum Gasteiger partial charge on any atom is 0.255 e. The molecule has 1 aromatic carbocycles. The van der Waals surface area contributed by atoms with Crippen LogP contribution in [0, 0.1) is 17.7 Å². The minimum atomic E-state index is -2.79. The maximum atomic E-state index is 15.1. The van der Waals surface area contributed by atoms with Gasteiger partial charge in [0.2, 0.25) is 11.7 Å². The zero-order chi connectivity index (χ0) is 26.9. The first kappa shape index (κ1) is 25.8. The molecule has 3 aliphatic carbocycles. The van der Waals surface area contributed by atoms with Crippen molar-refractivity contribution in [3.63, 3.8) is 0 Å². The number of benzene rings is 1. The molecule has 0 aliphatic heterocycles. The zero-order valence-electron chi connectivity index (χ0n) is 19.1. The molecule has 1 saturated carbocycles. The number of anilines is 1. The summed E-state index contributed by atoms with van der Waals surface area (Å²) >= 11 is 2.93. The van der Waals surface area contributed by atoms with Gasteiger partial charge in [-0.2, -0.15) is 0 Å². The number of ketones is 2. The summed E-state index contributed by atoms with van der Waals surface area (Å²) in [6.07, 6.45) is -0.353. The molecule has 0 heterocycles. The van der Waals surface area contributed by atoms with Crippen LogP contribution < -0.4 is 11.1 Å². The first-order chi connectivity index (χ1) is 16.8. The number of nitrogens with two attached hydrogens (primary N) is 1. The second kappa shape index (κ2) is 8.68. The first-order valence-electron chi connectivity index (χ1n) is 10.8. The number of nitrogens with one attached hydrogen (secondary N) is 1. The number of hydrogen-bond donors (Lipinski definition) is 6. The monoisotopic (exact) mass is 567 g/mol. The number of nitrogens with zero attached hydrogens (tertiary/aromatic N) is 1. The van der Waals surface area contributed by atoms with Crippen LogP contribution in [0.1, 0.15) is 17.5 Å². The van der Waals surface area contributed by atoms with E-state index >= 15 is 4.39 Å². The third-order valence-corrected chi connectivity index (χ3v) is 7.57. The summed E-state index contributed by atoms with van der Waals surface area (Å²) in [6.45, 7) is 0. The second-order valence-corrected chi connectivity index (χ2v) is 9.81. The number of alkyl halides is 1. The minimum absolute atomic E-state index is 0.130. The SMILES string of the molecule is CN(C)[C@@H]1C(=O)C(C(N)=O)=C(O)[C@@]2(O)C(=O)C3=C(O)c4c(O)c(NC(=O)CBr)cc(F)c4C[C@H]3C[C@@H]12. The molecule has 0 saturated heterocycles. The first-order valence-corrected chi connectivity index (χ1v) is 11.9. The van der Waals surface area contributed by atoms with E-state index < -0.39 is 86.7 Å². The molecule has 7 N–H and O–H groups in total. The standard InChI is InChI=1S/C23H23BrFN3O8/c1-28(2)16-9-4-7-3-8-10(25)5-11(27-12(29)6-24)17(30)14(8)18(31)13(7)20(33)23(9,36)21(34)15(19(16)32)22(26)35/h5,7,9,16,30-31,34,36H,3-4,6H2,1-2H3,(H2,26,35)(H,27,29)/t7-,9-,16-,23-/m0/s1. The van der Waals surface area contributed by atoms with Crippen LogP contribution in [-0.2, 0) is 25.6 Å². The fourth-order valence-corrected chi connectivity index (χ4v) is 5.69. The fourth-order valence-electron chi connectivity index (χ4n) is 5.55. The molecule has 0 spiro atoms. The van der Waals surface area contributed by atoms with Crippen molar-refractivity contribution in [2.45, 2.75) is 24.5 Å². The third-order valence-electron chi connectivity index (χ3n) is 7.06. The van der Waals surface area contributed by atoms with Crippen molar-refractivity contribution in [3.05, 3.63) is 39.9 Å². The van der Waals surface area contributed by atoms with E-state index in [-0.39, 0.29) is 29.4 Å². The molecule has 4 atom stereocenters. The number of fused-ring (bicyclic) bond motifs is 3. The van der Waals surface area contributed by atoms with Crippen molar-refractivity contribution in [1.29, 1.82) is 0 Å². The van der Waals surface area contributed by atoms with Crippen LogP contribution in [0.25, 0.3) is 5.76 Å². The molecule has 11 nitrogen and oxygen atoms in total. The number of hydrogen-bond acceptors (Lipinski definition) is 9. The fraction of sp³-hybridized carbons (Fsp3) is 0.391. The van der Waals surface area contributed by atoms with Crippen LogP contribution in [0.2, 0.25) is 0 Å². The Morgan fingerprint density at radius 1 is 1.28 bits per heavy atom. The molecule has 0 bridgehead atoms. The molecule has 13 heteroatoms. The highest BCUT2D eigenvalue weighted by Gasteiger charge is 2.64. The number of phenolic OH excluding ortho intramolecular Hbond substituents is 1.